The summed E-state index contributed by atoms with van der Waals surface area (Å²) in [5, 5.41) is 6.68. The van der Waals surface area contributed by atoms with E-state index in [1.54, 1.807) is 9.80 Å². The summed E-state index contributed by atoms with van der Waals surface area (Å²) in [6, 6.07) is 37.6. The number of hydrogen-bond donors (Lipinski definition) is 0. The highest BCUT2D eigenvalue weighted by molar-refractivity contribution is 7.27. The van der Waals surface area contributed by atoms with Gasteiger partial charge in [0.1, 0.15) is 22.3 Å². The molecule has 3 heterocycles. The molecule has 0 fully saturated rings. The summed E-state index contributed by atoms with van der Waals surface area (Å²) in [4.78, 5) is 3.42. The molecule has 3 aromatic heterocycles. The summed E-state index contributed by atoms with van der Waals surface area (Å²) in [6.07, 6.45) is 0. The van der Waals surface area contributed by atoms with Crippen molar-refractivity contribution in [1.29, 1.82) is 0 Å². The number of benzene rings is 9. The molecule has 0 bridgehead atoms. The van der Waals surface area contributed by atoms with E-state index in [1.165, 1.54) is 11.3 Å². The third-order valence-corrected chi connectivity index (χ3v) is 11.9. The van der Waals surface area contributed by atoms with E-state index in [-0.39, 0.29) is 35.5 Å². The van der Waals surface area contributed by atoms with Crippen LogP contribution in [0.15, 0.2) is 203 Å². The van der Waals surface area contributed by atoms with Crippen molar-refractivity contribution in [3.8, 4) is 0 Å². The molecule has 0 N–H and O–H groups in total. The Balaban J connectivity index is 1.16. The summed E-state index contributed by atoms with van der Waals surface area (Å²) < 4.78 is 103. The number of rotatable bonds is 6. The van der Waals surface area contributed by atoms with Crippen molar-refractivity contribution in [2.45, 2.75) is 0 Å². The summed E-state index contributed by atoms with van der Waals surface area (Å²) in [6.45, 7) is 0. The topological polar surface area (TPSA) is 32.8 Å². The second-order valence-corrected chi connectivity index (χ2v) is 14.8. The third-order valence-electron chi connectivity index (χ3n) is 10.6. The molecule has 0 aliphatic carbocycles. The van der Waals surface area contributed by atoms with E-state index >= 15 is 0 Å². The summed E-state index contributed by atoms with van der Waals surface area (Å²) in [5.74, 6) is 0. The maximum atomic E-state index is 9.27. The van der Waals surface area contributed by atoms with E-state index < -0.39 is 36.3 Å². The number of anilines is 6. The maximum absolute atomic E-state index is 9.27. The monoisotopic (exact) mass is 758 g/mol. The number of para-hydroxylation sites is 4. The zero-order valence-corrected chi connectivity index (χ0v) is 30.6. The minimum Gasteiger partial charge on any atom is -0.456 e. The molecule has 12 aromatic rings. The van der Waals surface area contributed by atoms with Gasteiger partial charge in [0.05, 0.1) is 29.8 Å². The van der Waals surface area contributed by atoms with Gasteiger partial charge in [-0.15, -0.1) is 11.3 Å². The number of hydrogen-bond acceptors (Lipinski definition) is 5. The molecule has 0 atom stereocenters. The van der Waals surface area contributed by atoms with Crippen LogP contribution in [0.1, 0.15) is 13.7 Å². The van der Waals surface area contributed by atoms with Crippen molar-refractivity contribution in [2.24, 2.45) is 0 Å². The molecule has 12 rings (SSSR count). The van der Waals surface area contributed by atoms with Gasteiger partial charge in [0, 0.05) is 82.7 Å². The van der Waals surface area contributed by atoms with Crippen molar-refractivity contribution in [2.75, 3.05) is 9.80 Å². The van der Waals surface area contributed by atoms with E-state index in [0.29, 0.717) is 45.1 Å². The second kappa shape index (κ2) is 12.6. The Labute approximate surface area is 345 Å². The fourth-order valence-corrected chi connectivity index (χ4v) is 9.46. The van der Waals surface area contributed by atoms with E-state index in [9.17, 15) is 5.48 Å². The van der Waals surface area contributed by atoms with Gasteiger partial charge in [0.2, 0.25) is 0 Å². The van der Waals surface area contributed by atoms with Crippen LogP contribution < -0.4 is 9.80 Å². The molecule has 0 radical (unpaired) electrons. The lowest BCUT2D eigenvalue weighted by Gasteiger charge is -2.27. The van der Waals surface area contributed by atoms with Gasteiger partial charge < -0.3 is 18.6 Å². The normalized spacial score (nSPS) is 14.3. The van der Waals surface area contributed by atoms with Crippen molar-refractivity contribution in [3.05, 3.63) is 194 Å². The van der Waals surface area contributed by atoms with Crippen LogP contribution in [0.2, 0.25) is 0 Å². The van der Waals surface area contributed by atoms with Crippen molar-refractivity contribution >= 4 is 120 Å². The standard InChI is InChI=1S/C52H32N2O2S/c1-3-14-33(15-4-1)53(35-26-28-40-38-19-9-11-24-47(38)55-49(40)30-35)45-23-13-22-43-44-32-46(37-18-7-8-21-42(37)51(44)57-52(43)45)54(34-16-5-2-6-17-34)36-27-29-41-39-20-10-12-25-48(39)56-50(41)31-36/h1-32H/i1D,2D,3D,4D,5D,6D,14D,15D,16D,17D. The molecule has 0 saturated heterocycles. The Morgan fingerprint density at radius 1 is 0.351 bits per heavy atom. The van der Waals surface area contributed by atoms with E-state index in [0.717, 1.165) is 52.5 Å². The van der Waals surface area contributed by atoms with E-state index in [1.807, 2.05) is 133 Å². The van der Waals surface area contributed by atoms with Gasteiger partial charge in [0.15, 0.2) is 0 Å². The highest BCUT2D eigenvalue weighted by Gasteiger charge is 2.23. The van der Waals surface area contributed by atoms with Gasteiger partial charge >= 0.3 is 0 Å². The first-order valence-corrected chi connectivity index (χ1v) is 19.2. The Morgan fingerprint density at radius 2 is 0.825 bits per heavy atom. The van der Waals surface area contributed by atoms with Crippen LogP contribution in [0, 0.1) is 0 Å². The molecule has 268 valence electrons. The summed E-state index contributed by atoms with van der Waals surface area (Å²) in [5.41, 5.74) is 4.52. The summed E-state index contributed by atoms with van der Waals surface area (Å²) >= 11 is 1.48. The zero-order valence-electron chi connectivity index (χ0n) is 39.8. The van der Waals surface area contributed by atoms with Crippen LogP contribution in [0.25, 0.3) is 74.8 Å². The molecule has 5 heteroatoms. The van der Waals surface area contributed by atoms with E-state index in [2.05, 4.69) is 0 Å². The molecule has 0 unspecified atom stereocenters. The summed E-state index contributed by atoms with van der Waals surface area (Å²) in [7, 11) is 0. The highest BCUT2D eigenvalue weighted by Crippen LogP contribution is 2.50. The van der Waals surface area contributed by atoms with Gasteiger partial charge in [-0.3, -0.25) is 0 Å². The molecule has 0 amide bonds. The van der Waals surface area contributed by atoms with Crippen LogP contribution in [0.4, 0.5) is 34.1 Å². The molecule has 0 aliphatic rings. The molecular formula is C52H32N2O2S. The van der Waals surface area contributed by atoms with Crippen molar-refractivity contribution in [1.82, 2.24) is 0 Å². The lowest BCUT2D eigenvalue weighted by atomic mass is 10.0. The SMILES string of the molecule is [2H]c1c([2H])c([2H])c(N(c2ccc3c(c2)oc2ccccc23)c2cc3c4cccc(N(c5ccc6c(c5)oc5ccccc56)c5c([2H])c([2H])c([2H])c([2H])c5[2H])c4sc3c3ccccc23)c([2H])c1[2H]. The second-order valence-electron chi connectivity index (χ2n) is 13.7. The van der Waals surface area contributed by atoms with E-state index in [4.69, 9.17) is 17.1 Å². The van der Waals surface area contributed by atoms with Crippen molar-refractivity contribution in [3.63, 3.8) is 0 Å². The van der Waals surface area contributed by atoms with Crippen molar-refractivity contribution < 1.29 is 22.5 Å². The number of fused-ring (bicyclic) bond motifs is 11. The van der Waals surface area contributed by atoms with Gasteiger partial charge in [-0.1, -0.05) is 109 Å². The number of furan rings is 2. The Morgan fingerprint density at radius 3 is 1.42 bits per heavy atom. The fourth-order valence-electron chi connectivity index (χ4n) is 8.14. The van der Waals surface area contributed by atoms with Crippen LogP contribution in [-0.2, 0) is 0 Å². The van der Waals surface area contributed by atoms with Crippen LogP contribution in [-0.4, -0.2) is 0 Å². The predicted octanol–water partition coefficient (Wildman–Crippen LogP) is 15.9. The maximum Gasteiger partial charge on any atom is 0.137 e. The van der Waals surface area contributed by atoms with Crippen LogP contribution in [0.5, 0.6) is 0 Å². The first-order valence-electron chi connectivity index (χ1n) is 23.3. The molecule has 0 saturated carbocycles. The first kappa shape index (κ1) is 23.6. The molecule has 57 heavy (non-hydrogen) atoms. The van der Waals surface area contributed by atoms with Crippen LogP contribution >= 0.6 is 11.3 Å². The Bertz CT molecular complexity index is 4050. The van der Waals surface area contributed by atoms with Gasteiger partial charge in [-0.25, -0.2) is 0 Å². The fraction of sp³-hybridized carbons (Fsp3) is 0. The highest BCUT2D eigenvalue weighted by atomic mass is 32.1. The average molecular weight is 759 g/mol. The molecule has 4 nitrogen and oxygen atoms in total. The lowest BCUT2D eigenvalue weighted by Crippen LogP contribution is -2.10. The zero-order chi connectivity index (χ0) is 46.2. The minimum atomic E-state index is -0.508. The predicted molar refractivity (Wildman–Crippen MR) is 241 cm³/mol. The molecular weight excluding hydrogens is 717 g/mol. The lowest BCUT2D eigenvalue weighted by molar-refractivity contribution is 0.668. The quantitative estimate of drug-likeness (QED) is 0.169. The van der Waals surface area contributed by atoms with Crippen LogP contribution in [0.3, 0.4) is 0 Å². The molecule has 9 aromatic carbocycles. The first-order chi connectivity index (χ1) is 32.4. The largest absolute Gasteiger partial charge is 0.456 e. The number of nitrogens with zero attached hydrogens (tertiary/aromatic N) is 2. The Kier molecular flexibility index (Phi) is 5.21. The molecule has 0 aliphatic heterocycles. The third kappa shape index (κ3) is 4.99. The van der Waals surface area contributed by atoms with Gasteiger partial charge in [0.25, 0.3) is 0 Å². The molecule has 0 spiro atoms. The van der Waals surface area contributed by atoms with Gasteiger partial charge in [-0.2, -0.15) is 0 Å². The smallest absolute Gasteiger partial charge is 0.137 e. The minimum absolute atomic E-state index is 0.0368. The number of thiophene rings is 1. The average Bonchev–Trinajstić information content (AvgIpc) is 4.05. The van der Waals surface area contributed by atoms with Gasteiger partial charge in [-0.05, 0) is 72.7 Å². The Hall–Kier alpha value is -7.34.